The number of aryl methyl sites for hydroxylation is 1. The zero-order valence-corrected chi connectivity index (χ0v) is 15.9. The molecule has 0 bridgehead atoms. The standard InChI is InChI=1S/C19H25NO7/c1-12(15(17(22)25-2)18(23)26-3)16(19(24)27-4)20-14(21)11-10-13-8-6-5-7-9-13/h5-9,12,15-16H,10-11H2,1-4H3,(H,20,21)/t12-,16+/m0/s1. The Morgan fingerprint density at radius 1 is 0.889 bits per heavy atom. The highest BCUT2D eigenvalue weighted by molar-refractivity contribution is 5.96. The highest BCUT2D eigenvalue weighted by atomic mass is 16.5. The van der Waals surface area contributed by atoms with Crippen molar-refractivity contribution in [3.63, 3.8) is 0 Å². The van der Waals surface area contributed by atoms with E-state index >= 15 is 0 Å². The molecule has 1 N–H and O–H groups in total. The number of benzene rings is 1. The molecule has 0 aliphatic rings. The third-order valence-corrected chi connectivity index (χ3v) is 4.22. The summed E-state index contributed by atoms with van der Waals surface area (Å²) in [6, 6.07) is 8.17. The number of rotatable bonds is 9. The van der Waals surface area contributed by atoms with Crippen LogP contribution in [0.15, 0.2) is 30.3 Å². The van der Waals surface area contributed by atoms with E-state index in [1.165, 1.54) is 6.92 Å². The van der Waals surface area contributed by atoms with E-state index in [2.05, 4.69) is 14.8 Å². The van der Waals surface area contributed by atoms with Crippen molar-refractivity contribution in [2.75, 3.05) is 21.3 Å². The van der Waals surface area contributed by atoms with Crippen LogP contribution in [0.3, 0.4) is 0 Å². The van der Waals surface area contributed by atoms with E-state index in [4.69, 9.17) is 4.74 Å². The molecular weight excluding hydrogens is 354 g/mol. The van der Waals surface area contributed by atoms with Gasteiger partial charge in [-0.15, -0.1) is 0 Å². The number of esters is 3. The summed E-state index contributed by atoms with van der Waals surface area (Å²) in [6.07, 6.45) is 0.609. The van der Waals surface area contributed by atoms with Gasteiger partial charge in [0.2, 0.25) is 5.91 Å². The first kappa shape index (κ1) is 22.1. The van der Waals surface area contributed by atoms with Gasteiger partial charge >= 0.3 is 17.9 Å². The van der Waals surface area contributed by atoms with E-state index in [9.17, 15) is 19.2 Å². The molecule has 1 rings (SSSR count). The number of carbonyl (C=O) groups is 4. The summed E-state index contributed by atoms with van der Waals surface area (Å²) in [7, 11) is 3.40. The molecule has 1 aromatic rings. The Morgan fingerprint density at radius 3 is 1.89 bits per heavy atom. The topological polar surface area (TPSA) is 108 Å². The average molecular weight is 379 g/mol. The van der Waals surface area contributed by atoms with E-state index in [0.717, 1.165) is 26.9 Å². The number of ether oxygens (including phenoxy) is 3. The molecule has 8 heteroatoms. The third kappa shape index (κ3) is 6.40. The highest BCUT2D eigenvalue weighted by Gasteiger charge is 2.42. The second-order valence-corrected chi connectivity index (χ2v) is 5.94. The van der Waals surface area contributed by atoms with E-state index in [0.29, 0.717) is 6.42 Å². The lowest BCUT2D eigenvalue weighted by molar-refractivity contribution is -0.163. The lowest BCUT2D eigenvalue weighted by atomic mass is 9.87. The Hall–Kier alpha value is -2.90. The molecule has 0 unspecified atom stereocenters. The van der Waals surface area contributed by atoms with Crippen LogP contribution in [-0.4, -0.2) is 51.2 Å². The van der Waals surface area contributed by atoms with E-state index in [1.807, 2.05) is 30.3 Å². The second kappa shape index (κ2) is 10.9. The number of hydrogen-bond acceptors (Lipinski definition) is 7. The second-order valence-electron chi connectivity index (χ2n) is 5.94. The monoisotopic (exact) mass is 379 g/mol. The number of amides is 1. The summed E-state index contributed by atoms with van der Waals surface area (Å²) in [5.41, 5.74) is 0.970. The first-order valence-electron chi connectivity index (χ1n) is 8.42. The lowest BCUT2D eigenvalue weighted by Crippen LogP contribution is -2.51. The van der Waals surface area contributed by atoms with Crippen molar-refractivity contribution in [3.8, 4) is 0 Å². The van der Waals surface area contributed by atoms with Gasteiger partial charge in [-0.3, -0.25) is 14.4 Å². The van der Waals surface area contributed by atoms with Crippen LogP contribution in [0.2, 0.25) is 0 Å². The molecule has 0 aliphatic carbocycles. The van der Waals surface area contributed by atoms with Gasteiger partial charge in [-0.1, -0.05) is 37.3 Å². The van der Waals surface area contributed by atoms with Gasteiger partial charge in [0.25, 0.3) is 0 Å². The zero-order valence-electron chi connectivity index (χ0n) is 15.9. The molecule has 0 aromatic heterocycles. The van der Waals surface area contributed by atoms with Crippen LogP contribution in [0, 0.1) is 11.8 Å². The summed E-state index contributed by atoms with van der Waals surface area (Å²) >= 11 is 0. The maximum absolute atomic E-state index is 12.3. The van der Waals surface area contributed by atoms with Gasteiger partial charge in [-0.05, 0) is 12.0 Å². The molecule has 0 saturated carbocycles. The minimum absolute atomic E-state index is 0.130. The van der Waals surface area contributed by atoms with Crippen molar-refractivity contribution in [2.24, 2.45) is 11.8 Å². The molecule has 0 heterocycles. The minimum Gasteiger partial charge on any atom is -0.468 e. The van der Waals surface area contributed by atoms with Gasteiger partial charge < -0.3 is 19.5 Å². The molecule has 0 fully saturated rings. The van der Waals surface area contributed by atoms with E-state index in [1.54, 1.807) is 0 Å². The van der Waals surface area contributed by atoms with Gasteiger partial charge in [-0.25, -0.2) is 4.79 Å². The fourth-order valence-corrected chi connectivity index (χ4v) is 2.65. The molecular formula is C19H25NO7. The van der Waals surface area contributed by atoms with Crippen LogP contribution < -0.4 is 5.32 Å². The maximum atomic E-state index is 12.3. The fraction of sp³-hybridized carbons (Fsp3) is 0.474. The molecule has 2 atom stereocenters. The van der Waals surface area contributed by atoms with E-state index < -0.39 is 41.7 Å². The number of methoxy groups -OCH3 is 3. The van der Waals surface area contributed by atoms with Crippen LogP contribution in [0.5, 0.6) is 0 Å². The molecule has 1 aromatic carbocycles. The molecule has 1 amide bonds. The van der Waals surface area contributed by atoms with Crippen LogP contribution in [0.4, 0.5) is 0 Å². The van der Waals surface area contributed by atoms with Gasteiger partial charge in [0.05, 0.1) is 21.3 Å². The third-order valence-electron chi connectivity index (χ3n) is 4.22. The van der Waals surface area contributed by atoms with Gasteiger partial charge in [0.15, 0.2) is 5.92 Å². The average Bonchev–Trinajstić information content (AvgIpc) is 2.70. The quantitative estimate of drug-likeness (QED) is 0.385. The van der Waals surface area contributed by atoms with Crippen molar-refractivity contribution >= 4 is 23.8 Å². The van der Waals surface area contributed by atoms with Crippen molar-refractivity contribution in [1.29, 1.82) is 0 Å². The highest BCUT2D eigenvalue weighted by Crippen LogP contribution is 2.20. The molecule has 27 heavy (non-hydrogen) atoms. The van der Waals surface area contributed by atoms with E-state index in [-0.39, 0.29) is 6.42 Å². The Bertz CT molecular complexity index is 643. The van der Waals surface area contributed by atoms with Crippen molar-refractivity contribution in [2.45, 2.75) is 25.8 Å². The molecule has 148 valence electrons. The van der Waals surface area contributed by atoms with Crippen LogP contribution >= 0.6 is 0 Å². The Morgan fingerprint density at radius 2 is 1.41 bits per heavy atom. The van der Waals surface area contributed by atoms with Gasteiger partial charge in [0.1, 0.15) is 6.04 Å². The maximum Gasteiger partial charge on any atom is 0.328 e. The normalized spacial score (nSPS) is 12.6. The van der Waals surface area contributed by atoms with Crippen LogP contribution in [-0.2, 0) is 39.8 Å². The first-order valence-corrected chi connectivity index (χ1v) is 8.42. The smallest absolute Gasteiger partial charge is 0.328 e. The predicted octanol–water partition coefficient (Wildman–Crippen LogP) is 0.875. The Kier molecular flexibility index (Phi) is 8.98. The molecule has 0 radical (unpaired) electrons. The predicted molar refractivity (Wildman–Crippen MR) is 95.4 cm³/mol. The summed E-state index contributed by atoms with van der Waals surface area (Å²) < 4.78 is 14.0. The minimum atomic E-state index is -1.38. The van der Waals surface area contributed by atoms with Crippen LogP contribution in [0.25, 0.3) is 0 Å². The summed E-state index contributed by atoms with van der Waals surface area (Å²) in [5.74, 6) is -5.21. The first-order chi connectivity index (χ1) is 12.8. The Balaban J connectivity index is 2.89. The van der Waals surface area contributed by atoms with Gasteiger partial charge in [0, 0.05) is 12.3 Å². The van der Waals surface area contributed by atoms with Crippen molar-refractivity contribution in [1.82, 2.24) is 5.32 Å². The number of carbonyl (C=O) groups excluding carboxylic acids is 4. The van der Waals surface area contributed by atoms with Crippen molar-refractivity contribution < 1.29 is 33.4 Å². The summed E-state index contributed by atoms with van der Waals surface area (Å²) in [5, 5.41) is 2.55. The Labute approximate surface area is 158 Å². The molecule has 8 nitrogen and oxygen atoms in total. The van der Waals surface area contributed by atoms with Gasteiger partial charge in [-0.2, -0.15) is 0 Å². The van der Waals surface area contributed by atoms with Crippen molar-refractivity contribution in [3.05, 3.63) is 35.9 Å². The molecule has 0 spiro atoms. The number of nitrogens with one attached hydrogen (secondary N) is 1. The summed E-state index contributed by atoms with van der Waals surface area (Å²) in [6.45, 7) is 1.47. The largest absolute Gasteiger partial charge is 0.468 e. The van der Waals surface area contributed by atoms with Crippen LogP contribution in [0.1, 0.15) is 18.9 Å². The molecule has 0 aliphatic heterocycles. The molecule has 0 saturated heterocycles. The number of hydrogen-bond donors (Lipinski definition) is 1. The SMILES string of the molecule is COC(=O)C(C(=O)OC)[C@H](C)[C@@H](NC(=O)CCc1ccccc1)C(=O)OC. The fourth-order valence-electron chi connectivity index (χ4n) is 2.65. The lowest BCUT2D eigenvalue weighted by Gasteiger charge is -2.27. The summed E-state index contributed by atoms with van der Waals surface area (Å²) in [4.78, 5) is 48.4. The zero-order chi connectivity index (χ0) is 20.4.